The fourth-order valence-electron chi connectivity index (χ4n) is 4.17. The maximum atomic E-state index is 12.9. The molecular formula is C29H32ClN3O3. The second kappa shape index (κ2) is 11.5. The van der Waals surface area contributed by atoms with Crippen molar-refractivity contribution in [2.45, 2.75) is 27.2 Å². The van der Waals surface area contributed by atoms with Crippen molar-refractivity contribution in [1.29, 1.82) is 0 Å². The van der Waals surface area contributed by atoms with Crippen molar-refractivity contribution in [2.24, 2.45) is 0 Å². The van der Waals surface area contributed by atoms with E-state index in [1.165, 1.54) is 0 Å². The molecule has 0 unspecified atom stereocenters. The van der Waals surface area contributed by atoms with Crippen LogP contribution in [0.4, 0.5) is 11.4 Å². The van der Waals surface area contributed by atoms with E-state index >= 15 is 0 Å². The van der Waals surface area contributed by atoms with E-state index < -0.39 is 0 Å². The lowest BCUT2D eigenvalue weighted by molar-refractivity contribution is 0.0746. The predicted molar refractivity (Wildman–Crippen MR) is 146 cm³/mol. The number of hydrogen-bond donors (Lipinski definition) is 1. The molecular weight excluding hydrogens is 474 g/mol. The number of anilines is 2. The highest BCUT2D eigenvalue weighted by Gasteiger charge is 2.23. The van der Waals surface area contributed by atoms with E-state index in [1.807, 2.05) is 73.3 Å². The van der Waals surface area contributed by atoms with Gasteiger partial charge in [-0.25, -0.2) is 0 Å². The number of halogens is 1. The fourth-order valence-corrected chi connectivity index (χ4v) is 4.47. The zero-order valence-corrected chi connectivity index (χ0v) is 21.8. The van der Waals surface area contributed by atoms with E-state index in [-0.39, 0.29) is 11.8 Å². The Kier molecular flexibility index (Phi) is 8.16. The Morgan fingerprint density at radius 1 is 0.889 bits per heavy atom. The Labute approximate surface area is 217 Å². The number of rotatable bonds is 7. The number of aryl methyl sites for hydroxylation is 2. The van der Waals surface area contributed by atoms with Gasteiger partial charge in [0.05, 0.1) is 17.3 Å². The molecule has 1 heterocycles. The number of ether oxygens (including phenoxy) is 1. The molecule has 1 N–H and O–H groups in total. The third kappa shape index (κ3) is 6.00. The van der Waals surface area contributed by atoms with Crippen LogP contribution in [0, 0.1) is 13.8 Å². The Hall–Kier alpha value is -3.51. The van der Waals surface area contributed by atoms with Gasteiger partial charge in [-0.2, -0.15) is 0 Å². The summed E-state index contributed by atoms with van der Waals surface area (Å²) in [5.41, 5.74) is 5.04. The molecule has 1 fully saturated rings. The van der Waals surface area contributed by atoms with E-state index in [1.54, 1.807) is 6.07 Å². The summed E-state index contributed by atoms with van der Waals surface area (Å²) in [5.74, 6) is 0.632. The number of benzene rings is 3. The number of nitrogens with one attached hydrogen (secondary N) is 1. The molecule has 0 aliphatic carbocycles. The van der Waals surface area contributed by atoms with Crippen molar-refractivity contribution in [3.05, 3.63) is 87.9 Å². The van der Waals surface area contributed by atoms with Gasteiger partial charge in [0.1, 0.15) is 5.75 Å². The minimum Gasteiger partial charge on any atom is -0.494 e. The first-order valence-corrected chi connectivity index (χ1v) is 12.7. The first-order valence-electron chi connectivity index (χ1n) is 12.3. The smallest absolute Gasteiger partial charge is 0.255 e. The number of hydrogen-bond acceptors (Lipinski definition) is 4. The first kappa shape index (κ1) is 25.6. The van der Waals surface area contributed by atoms with Crippen LogP contribution in [0.5, 0.6) is 5.75 Å². The molecule has 0 bridgehead atoms. The highest BCUT2D eigenvalue weighted by Crippen LogP contribution is 2.30. The van der Waals surface area contributed by atoms with E-state index in [2.05, 4.69) is 17.1 Å². The van der Waals surface area contributed by atoms with Crippen molar-refractivity contribution in [3.63, 3.8) is 0 Å². The fraction of sp³-hybridized carbons (Fsp3) is 0.310. The number of carbonyl (C=O) groups is 2. The molecule has 4 rings (SSSR count). The monoisotopic (exact) mass is 505 g/mol. The lowest BCUT2D eigenvalue weighted by Crippen LogP contribution is -2.48. The Balaban J connectivity index is 1.34. The standard InChI is InChI=1S/C29H32ClN3O3/c1-4-17-36-25-10-7-22(8-11-25)29(35)33-15-13-32(14-16-33)27-12-9-24(19-26(27)30)31-28(34)23-6-5-20(2)21(3)18-23/h5-12,18-19H,4,13-17H2,1-3H3,(H,31,34). The molecule has 0 spiro atoms. The number of nitrogens with zero attached hydrogens (tertiary/aromatic N) is 2. The molecule has 1 aliphatic heterocycles. The van der Waals surface area contributed by atoms with Gasteiger partial charge >= 0.3 is 0 Å². The van der Waals surface area contributed by atoms with Crippen LogP contribution < -0.4 is 15.0 Å². The average Bonchev–Trinajstić information content (AvgIpc) is 2.89. The van der Waals surface area contributed by atoms with Crippen molar-refractivity contribution in [1.82, 2.24) is 4.90 Å². The van der Waals surface area contributed by atoms with Gasteiger partial charge in [0, 0.05) is 43.0 Å². The van der Waals surface area contributed by atoms with Crippen LogP contribution in [0.3, 0.4) is 0 Å². The molecule has 0 aromatic heterocycles. The van der Waals surface area contributed by atoms with Gasteiger partial charge in [-0.15, -0.1) is 0 Å². The zero-order valence-electron chi connectivity index (χ0n) is 21.0. The summed E-state index contributed by atoms with van der Waals surface area (Å²) in [4.78, 5) is 29.6. The topological polar surface area (TPSA) is 61.9 Å². The second-order valence-electron chi connectivity index (χ2n) is 9.07. The summed E-state index contributed by atoms with van der Waals surface area (Å²) in [7, 11) is 0. The molecule has 6 nitrogen and oxygen atoms in total. The predicted octanol–water partition coefficient (Wildman–Crippen LogP) is 5.96. The van der Waals surface area contributed by atoms with E-state index in [0.29, 0.717) is 54.6 Å². The van der Waals surface area contributed by atoms with Gasteiger partial charge < -0.3 is 19.9 Å². The summed E-state index contributed by atoms with van der Waals surface area (Å²) in [5, 5.41) is 3.49. The quantitative estimate of drug-likeness (QED) is 0.430. The van der Waals surface area contributed by atoms with Crippen LogP contribution in [0.1, 0.15) is 45.2 Å². The molecule has 7 heteroatoms. The Morgan fingerprint density at radius 3 is 2.22 bits per heavy atom. The van der Waals surface area contributed by atoms with E-state index in [4.69, 9.17) is 16.3 Å². The molecule has 2 amide bonds. The van der Waals surface area contributed by atoms with Crippen LogP contribution >= 0.6 is 11.6 Å². The van der Waals surface area contributed by atoms with Crippen molar-refractivity contribution in [3.8, 4) is 5.75 Å². The third-order valence-corrected chi connectivity index (χ3v) is 6.76. The number of amides is 2. The van der Waals surface area contributed by atoms with Crippen LogP contribution in [-0.4, -0.2) is 49.5 Å². The molecule has 188 valence electrons. The van der Waals surface area contributed by atoms with E-state index in [0.717, 1.165) is 29.0 Å². The van der Waals surface area contributed by atoms with Crippen molar-refractivity contribution in [2.75, 3.05) is 43.0 Å². The summed E-state index contributed by atoms with van der Waals surface area (Å²) < 4.78 is 5.60. The van der Waals surface area contributed by atoms with Gasteiger partial charge in [0.2, 0.25) is 0 Å². The lowest BCUT2D eigenvalue weighted by Gasteiger charge is -2.36. The maximum absolute atomic E-state index is 12.9. The molecule has 3 aromatic carbocycles. The van der Waals surface area contributed by atoms with Crippen LogP contribution in [0.2, 0.25) is 5.02 Å². The number of piperazine rings is 1. The zero-order chi connectivity index (χ0) is 25.7. The third-order valence-electron chi connectivity index (χ3n) is 6.46. The summed E-state index contributed by atoms with van der Waals surface area (Å²) in [6.07, 6.45) is 0.944. The summed E-state index contributed by atoms with van der Waals surface area (Å²) in [6, 6.07) is 18.5. The lowest BCUT2D eigenvalue weighted by atomic mass is 10.1. The Bertz CT molecular complexity index is 1240. The molecule has 1 saturated heterocycles. The molecule has 0 saturated carbocycles. The largest absolute Gasteiger partial charge is 0.494 e. The first-order chi connectivity index (χ1) is 17.4. The normalized spacial score (nSPS) is 13.4. The van der Waals surface area contributed by atoms with Gasteiger partial charge in [-0.05, 0) is 86.0 Å². The minimum atomic E-state index is -0.168. The van der Waals surface area contributed by atoms with Gasteiger partial charge in [-0.1, -0.05) is 24.6 Å². The molecule has 1 aliphatic rings. The highest BCUT2D eigenvalue weighted by molar-refractivity contribution is 6.33. The number of carbonyl (C=O) groups excluding carboxylic acids is 2. The molecule has 0 atom stereocenters. The van der Waals surface area contributed by atoms with Gasteiger partial charge in [0.15, 0.2) is 0 Å². The summed E-state index contributed by atoms with van der Waals surface area (Å²) in [6.45, 7) is 9.30. The second-order valence-corrected chi connectivity index (χ2v) is 9.48. The maximum Gasteiger partial charge on any atom is 0.255 e. The van der Waals surface area contributed by atoms with Crippen LogP contribution in [-0.2, 0) is 0 Å². The average molecular weight is 506 g/mol. The van der Waals surface area contributed by atoms with Gasteiger partial charge in [0.25, 0.3) is 11.8 Å². The molecule has 36 heavy (non-hydrogen) atoms. The van der Waals surface area contributed by atoms with E-state index in [9.17, 15) is 9.59 Å². The molecule has 0 radical (unpaired) electrons. The highest BCUT2D eigenvalue weighted by atomic mass is 35.5. The Morgan fingerprint density at radius 2 is 1.58 bits per heavy atom. The SMILES string of the molecule is CCCOc1ccc(C(=O)N2CCN(c3ccc(NC(=O)c4ccc(C)c(C)c4)cc3Cl)CC2)cc1. The van der Waals surface area contributed by atoms with Crippen molar-refractivity contribution >= 4 is 34.8 Å². The minimum absolute atomic E-state index is 0.0205. The van der Waals surface area contributed by atoms with Gasteiger partial charge in [-0.3, -0.25) is 9.59 Å². The summed E-state index contributed by atoms with van der Waals surface area (Å²) >= 11 is 6.60. The van der Waals surface area contributed by atoms with Crippen molar-refractivity contribution < 1.29 is 14.3 Å². The van der Waals surface area contributed by atoms with Crippen LogP contribution in [0.15, 0.2) is 60.7 Å². The molecule has 3 aromatic rings. The van der Waals surface area contributed by atoms with Crippen LogP contribution in [0.25, 0.3) is 0 Å².